The van der Waals surface area contributed by atoms with Gasteiger partial charge in [-0.15, -0.1) is 0 Å². The Labute approximate surface area is 600 Å². The van der Waals surface area contributed by atoms with Crippen molar-refractivity contribution in [3.05, 3.63) is 0 Å². The summed E-state index contributed by atoms with van der Waals surface area (Å²) in [7, 11) is 0. The van der Waals surface area contributed by atoms with Crippen LogP contribution < -0.4 is 0 Å². The second-order valence-electron chi connectivity index (χ2n) is 29.8. The molecule has 5 N–H and O–H groups in total. The Morgan fingerprint density at radius 3 is 0.889 bits per heavy atom. The molecule has 0 spiro atoms. The SMILES string of the molecule is CC(C)OCC(=O)N1CCC[C@@H](O)C1.CC(C)OCC(=O)N1CCC[C@H](O)C1.CC(C)OCCCN1CCC(F)(F)CC1.CC(C)OCCCN1CCC(F)CC1.CC(C)OCCCN1CCC(O)CC1.CC(C)OCCCN1CCC[C@@H](O)C1.CC(C)OCCCN1CCC[C@H](O)C1. The summed E-state index contributed by atoms with van der Waals surface area (Å²) < 4.78 is 76.2. The molecule has 7 heterocycles. The molecule has 7 fully saturated rings. The first-order valence-corrected chi connectivity index (χ1v) is 38.8. The highest BCUT2D eigenvalue weighted by Crippen LogP contribution is 2.27. The number of rotatable bonds is 31. The van der Waals surface area contributed by atoms with Gasteiger partial charge in [-0.1, -0.05) is 0 Å². The predicted octanol–water partition coefficient (Wildman–Crippen LogP) is 9.33. The van der Waals surface area contributed by atoms with E-state index in [-0.39, 0.29) is 86.7 Å². The molecule has 0 radical (unpaired) electrons. The number of carbonyl (C=O) groups excluding carboxylic acids is 2. The van der Waals surface area contributed by atoms with Crippen LogP contribution in [0.15, 0.2) is 0 Å². The number of aliphatic hydroxyl groups excluding tert-OH is 5. The molecule has 0 unspecified atom stereocenters. The summed E-state index contributed by atoms with van der Waals surface area (Å²) in [5, 5.41) is 47.0. The monoisotopic (exact) mass is 1430 g/mol. The molecule has 0 aromatic carbocycles. The van der Waals surface area contributed by atoms with E-state index >= 15 is 0 Å². The van der Waals surface area contributed by atoms with E-state index in [1.807, 2.05) is 41.5 Å². The molecule has 0 bridgehead atoms. The molecule has 590 valence electrons. The lowest BCUT2D eigenvalue weighted by atomic mass is 10.1. The van der Waals surface area contributed by atoms with E-state index in [2.05, 4.69) is 79.9 Å². The molecule has 99 heavy (non-hydrogen) atoms. The molecule has 0 saturated carbocycles. The summed E-state index contributed by atoms with van der Waals surface area (Å²) in [5.74, 6) is -2.46. The molecule has 7 aliphatic heterocycles. The fraction of sp³-hybridized carbons (Fsp3) is 0.973. The van der Waals surface area contributed by atoms with Crippen LogP contribution >= 0.6 is 0 Å². The van der Waals surface area contributed by atoms with Crippen molar-refractivity contribution in [3.8, 4) is 0 Å². The highest BCUT2D eigenvalue weighted by molar-refractivity contribution is 5.78. The molecule has 0 aromatic rings. The van der Waals surface area contributed by atoms with E-state index in [1.54, 1.807) is 9.80 Å². The van der Waals surface area contributed by atoms with Gasteiger partial charge in [0.2, 0.25) is 11.8 Å². The number of hydrogen-bond acceptors (Lipinski definition) is 19. The Balaban J connectivity index is 0.000000578. The van der Waals surface area contributed by atoms with Crippen LogP contribution in [0.1, 0.15) is 219 Å². The molecule has 24 heteroatoms. The molecule has 7 saturated heterocycles. The first-order chi connectivity index (χ1) is 46.9. The van der Waals surface area contributed by atoms with Gasteiger partial charge in [-0.05, 0) is 219 Å². The average Bonchev–Trinajstić information content (AvgIpc) is 0.952. The number of β-amino-alcohol motifs (C(OH)–C–C–N with tert-alkyl or cyclic N) is 4. The number of nitrogens with zero attached hydrogens (tertiary/aromatic N) is 7. The van der Waals surface area contributed by atoms with Crippen LogP contribution in [0, 0.1) is 0 Å². The van der Waals surface area contributed by atoms with E-state index in [0.717, 1.165) is 228 Å². The van der Waals surface area contributed by atoms with Gasteiger partial charge in [-0.3, -0.25) is 9.59 Å². The van der Waals surface area contributed by atoms with Gasteiger partial charge < -0.3 is 93.0 Å². The number of aliphatic hydroxyl groups is 5. The molecular formula is C75H150F3N7O14. The molecule has 4 atom stereocenters. The summed E-state index contributed by atoms with van der Waals surface area (Å²) in [4.78, 5) is 37.9. The van der Waals surface area contributed by atoms with Crippen LogP contribution in [-0.4, -0.2) is 328 Å². The van der Waals surface area contributed by atoms with Crippen LogP contribution in [0.4, 0.5) is 13.2 Å². The van der Waals surface area contributed by atoms with Crippen molar-refractivity contribution in [1.82, 2.24) is 34.3 Å². The number of hydrogen-bond donors (Lipinski definition) is 5. The second-order valence-corrected chi connectivity index (χ2v) is 29.8. The zero-order valence-electron chi connectivity index (χ0n) is 65.0. The lowest BCUT2D eigenvalue weighted by molar-refractivity contribution is -0.141. The molecule has 0 aromatic heterocycles. The van der Waals surface area contributed by atoms with Crippen molar-refractivity contribution in [3.63, 3.8) is 0 Å². The molecule has 7 rings (SSSR count). The molecule has 21 nitrogen and oxygen atoms in total. The number of halogens is 3. The predicted molar refractivity (Wildman–Crippen MR) is 391 cm³/mol. The smallest absolute Gasteiger partial charge is 0.250 e. The van der Waals surface area contributed by atoms with Gasteiger partial charge >= 0.3 is 0 Å². The maximum Gasteiger partial charge on any atom is 0.250 e. The van der Waals surface area contributed by atoms with Gasteiger partial charge in [-0.25, -0.2) is 13.2 Å². The Bertz CT molecular complexity index is 1780. The van der Waals surface area contributed by atoms with Gasteiger partial charge in [0.15, 0.2) is 0 Å². The van der Waals surface area contributed by atoms with Crippen molar-refractivity contribution in [2.24, 2.45) is 0 Å². The topological polar surface area (TPSA) is 223 Å². The maximum atomic E-state index is 12.8. The third-order valence-electron chi connectivity index (χ3n) is 17.6. The minimum absolute atomic E-state index is 0.0119. The maximum absolute atomic E-state index is 12.8. The third kappa shape index (κ3) is 56.1. The van der Waals surface area contributed by atoms with Gasteiger partial charge in [-0.2, -0.15) is 0 Å². The first kappa shape index (κ1) is 95.1. The fourth-order valence-corrected chi connectivity index (χ4v) is 11.9. The van der Waals surface area contributed by atoms with Gasteiger partial charge in [0.25, 0.3) is 5.92 Å². The van der Waals surface area contributed by atoms with E-state index in [1.165, 1.54) is 0 Å². The quantitative estimate of drug-likeness (QED) is 0.0408. The van der Waals surface area contributed by atoms with Crippen LogP contribution in [-0.2, 0) is 42.7 Å². The summed E-state index contributed by atoms with van der Waals surface area (Å²) >= 11 is 0. The van der Waals surface area contributed by atoms with Crippen molar-refractivity contribution >= 4 is 11.8 Å². The van der Waals surface area contributed by atoms with Crippen molar-refractivity contribution < 1.29 is 81.5 Å². The van der Waals surface area contributed by atoms with Crippen molar-refractivity contribution in [2.75, 3.05) is 171 Å². The summed E-state index contributed by atoms with van der Waals surface area (Å²) in [5.41, 5.74) is 0. The van der Waals surface area contributed by atoms with Crippen molar-refractivity contribution in [2.45, 2.75) is 304 Å². The largest absolute Gasteiger partial charge is 0.393 e. The minimum Gasteiger partial charge on any atom is -0.393 e. The summed E-state index contributed by atoms with van der Waals surface area (Å²) in [6.45, 7) is 48.9. The zero-order chi connectivity index (χ0) is 74.0. The molecule has 0 aliphatic carbocycles. The van der Waals surface area contributed by atoms with Crippen LogP contribution in [0.2, 0.25) is 0 Å². The molecular weight excluding hydrogens is 1280 g/mol. The second kappa shape index (κ2) is 58.3. The number of piperidine rings is 7. The van der Waals surface area contributed by atoms with Crippen LogP contribution in [0.3, 0.4) is 0 Å². The number of amides is 2. The van der Waals surface area contributed by atoms with Crippen LogP contribution in [0.25, 0.3) is 0 Å². The summed E-state index contributed by atoms with van der Waals surface area (Å²) in [6.07, 6.45) is 16.4. The van der Waals surface area contributed by atoms with Gasteiger partial charge in [0, 0.05) is 157 Å². The first-order valence-electron chi connectivity index (χ1n) is 38.8. The Morgan fingerprint density at radius 1 is 0.343 bits per heavy atom. The Hall–Kier alpha value is -1.95. The average molecular weight is 1430 g/mol. The number of alkyl halides is 3. The highest BCUT2D eigenvalue weighted by Gasteiger charge is 2.34. The fourth-order valence-electron chi connectivity index (χ4n) is 11.9. The van der Waals surface area contributed by atoms with Gasteiger partial charge in [0.1, 0.15) is 19.4 Å². The van der Waals surface area contributed by atoms with E-state index in [4.69, 9.17) is 33.2 Å². The van der Waals surface area contributed by atoms with E-state index < -0.39 is 12.1 Å². The van der Waals surface area contributed by atoms with E-state index in [0.29, 0.717) is 63.4 Å². The Kier molecular flexibility index (Phi) is 55.9. The summed E-state index contributed by atoms with van der Waals surface area (Å²) in [6, 6.07) is 0. The Morgan fingerprint density at radius 2 is 0.606 bits per heavy atom. The zero-order valence-corrected chi connectivity index (χ0v) is 65.0. The molecule has 7 aliphatic rings. The van der Waals surface area contributed by atoms with Crippen molar-refractivity contribution in [1.29, 1.82) is 0 Å². The molecule has 2 amide bonds. The normalized spacial score (nSPS) is 22.6. The number of ether oxygens (including phenoxy) is 7. The number of carbonyl (C=O) groups is 2. The minimum atomic E-state index is -2.43. The lowest BCUT2D eigenvalue weighted by Gasteiger charge is -2.31. The van der Waals surface area contributed by atoms with Crippen LogP contribution in [0.5, 0.6) is 0 Å². The number of likely N-dealkylation sites (tertiary alicyclic amines) is 7. The lowest BCUT2D eigenvalue weighted by Crippen LogP contribution is -2.44. The van der Waals surface area contributed by atoms with E-state index in [9.17, 15) is 48.3 Å². The third-order valence-corrected chi connectivity index (χ3v) is 17.6. The standard InChI is InChI=1S/C11H21F2NO.C11H22FNO.3C11H23NO2.2C10H19NO3/c1-10(2)15-9-3-6-14-7-4-11(12,13)5-8-14;1-10(2)14-9-3-6-13-7-4-11(12)5-8-13;1-10(2)14-9-3-6-12-7-4-11(13)5-8-12;2*1-10(2)14-8-4-7-12-6-3-5-11(13)9-12;2*1-8(2)14-7-10(13)11-5-3-4-9(12)6-11/h10H,3-9H2,1-2H3;10-11H,3-9H2,1-2H3;3*10-11,13H,3-9H2,1-2H3;2*8-9,12H,3-7H2,1-2H3/t;;;2*11-;2*9-/m...1010/s1. The highest BCUT2D eigenvalue weighted by atomic mass is 19.3. The van der Waals surface area contributed by atoms with Gasteiger partial charge in [0.05, 0.1) is 73.2 Å².